The molecular weight excluding hydrogens is 225 g/mol. The number of alkyl halides is 3. The van der Waals surface area contributed by atoms with E-state index in [1.807, 2.05) is 4.98 Å². The van der Waals surface area contributed by atoms with Crippen LogP contribution in [0.4, 0.5) is 13.2 Å². The van der Waals surface area contributed by atoms with Crippen LogP contribution in [0.5, 0.6) is 5.88 Å². The van der Waals surface area contributed by atoms with Gasteiger partial charge in [0.2, 0.25) is 5.88 Å². The molecule has 0 aliphatic rings. The molecule has 0 radical (unpaired) electrons. The van der Waals surface area contributed by atoms with E-state index in [-0.39, 0.29) is 11.5 Å². The molecule has 0 unspecified atom stereocenters. The van der Waals surface area contributed by atoms with Gasteiger partial charge in [0.1, 0.15) is 12.2 Å². The molecule has 0 fully saturated rings. The van der Waals surface area contributed by atoms with E-state index >= 15 is 0 Å². The van der Waals surface area contributed by atoms with Gasteiger partial charge in [-0.05, 0) is 5.92 Å². The lowest BCUT2D eigenvalue weighted by molar-refractivity contribution is -0.128. The van der Waals surface area contributed by atoms with Crippen LogP contribution in [0.25, 0.3) is 0 Å². The first-order chi connectivity index (χ1) is 7.20. The molecule has 1 aromatic heterocycles. The Hall–Kier alpha value is -1.53. The Morgan fingerprint density at radius 2 is 2.00 bits per heavy atom. The van der Waals surface area contributed by atoms with Gasteiger partial charge in [-0.15, -0.1) is 0 Å². The van der Waals surface area contributed by atoms with Crippen molar-refractivity contribution in [3.05, 3.63) is 21.7 Å². The van der Waals surface area contributed by atoms with Gasteiger partial charge >= 0.3 is 6.18 Å². The smallest absolute Gasteiger partial charge is 0.396 e. The zero-order valence-electron chi connectivity index (χ0n) is 8.72. The molecule has 1 aromatic rings. The van der Waals surface area contributed by atoms with Gasteiger partial charge in [0.25, 0.3) is 5.56 Å². The number of H-pyrrole nitrogens is 1. The van der Waals surface area contributed by atoms with Crippen molar-refractivity contribution in [3.63, 3.8) is 0 Å². The van der Waals surface area contributed by atoms with E-state index in [9.17, 15) is 23.1 Å². The average Bonchev–Trinajstić information content (AvgIpc) is 1.96. The second-order valence-electron chi connectivity index (χ2n) is 3.70. The minimum absolute atomic E-state index is 0.00840. The van der Waals surface area contributed by atoms with Crippen LogP contribution in [-0.4, -0.2) is 21.3 Å². The molecule has 16 heavy (non-hydrogen) atoms. The van der Waals surface area contributed by atoms with Crippen LogP contribution in [0.1, 0.15) is 31.2 Å². The summed E-state index contributed by atoms with van der Waals surface area (Å²) in [6.45, 7) is 3.27. The number of halogens is 3. The molecule has 4 nitrogen and oxygen atoms in total. The summed E-state index contributed by atoms with van der Waals surface area (Å²) in [5.41, 5.74) is -0.743. The standard InChI is InChI=1S/C9H11F3N2O2/c1-4(2)6-7(15)13-5(14-8(6)16)3-9(10,11)12/h4H,3H2,1-2H3,(H2,13,14,15,16). The molecule has 0 saturated carbocycles. The van der Waals surface area contributed by atoms with Gasteiger partial charge in [-0.25, -0.2) is 0 Å². The Balaban J connectivity index is 3.16. The second-order valence-corrected chi connectivity index (χ2v) is 3.70. The average molecular weight is 236 g/mol. The van der Waals surface area contributed by atoms with E-state index < -0.39 is 29.9 Å². The third-order valence-corrected chi connectivity index (χ3v) is 1.93. The highest BCUT2D eigenvalue weighted by Crippen LogP contribution is 2.22. The van der Waals surface area contributed by atoms with Crippen molar-refractivity contribution in [2.75, 3.05) is 0 Å². The van der Waals surface area contributed by atoms with Gasteiger partial charge < -0.3 is 10.1 Å². The second kappa shape index (κ2) is 4.15. The molecule has 2 N–H and O–H groups in total. The summed E-state index contributed by atoms with van der Waals surface area (Å²) in [7, 11) is 0. The third kappa shape index (κ3) is 2.98. The molecule has 0 bridgehead atoms. The highest BCUT2D eigenvalue weighted by molar-refractivity contribution is 5.25. The van der Waals surface area contributed by atoms with E-state index in [1.165, 1.54) is 0 Å². The van der Waals surface area contributed by atoms with Crippen LogP contribution >= 0.6 is 0 Å². The fourth-order valence-electron chi connectivity index (χ4n) is 1.31. The van der Waals surface area contributed by atoms with Crippen LogP contribution in [-0.2, 0) is 6.42 Å². The van der Waals surface area contributed by atoms with Gasteiger partial charge in [-0.2, -0.15) is 18.2 Å². The molecule has 1 heterocycles. The summed E-state index contributed by atoms with van der Waals surface area (Å²) >= 11 is 0. The molecule has 0 aromatic carbocycles. The first-order valence-corrected chi connectivity index (χ1v) is 4.59. The molecule has 90 valence electrons. The molecule has 0 saturated heterocycles. The monoisotopic (exact) mass is 236 g/mol. The summed E-state index contributed by atoms with van der Waals surface area (Å²) in [4.78, 5) is 16.7. The normalized spacial score (nSPS) is 12.1. The third-order valence-electron chi connectivity index (χ3n) is 1.93. The Labute approximate surface area is 89.1 Å². The largest absolute Gasteiger partial charge is 0.493 e. The maximum atomic E-state index is 12.0. The first-order valence-electron chi connectivity index (χ1n) is 4.59. The number of hydrogen-bond donors (Lipinski definition) is 2. The van der Waals surface area contributed by atoms with Gasteiger partial charge in [-0.3, -0.25) is 4.79 Å². The van der Waals surface area contributed by atoms with Crippen LogP contribution < -0.4 is 5.56 Å². The highest BCUT2D eigenvalue weighted by atomic mass is 19.4. The maximum Gasteiger partial charge on any atom is 0.396 e. The van der Waals surface area contributed by atoms with Crippen molar-refractivity contribution < 1.29 is 18.3 Å². The summed E-state index contributed by atoms with van der Waals surface area (Å²) in [6.07, 6.45) is -5.84. The lowest BCUT2D eigenvalue weighted by atomic mass is 10.1. The quantitative estimate of drug-likeness (QED) is 0.821. The molecule has 0 atom stereocenters. The van der Waals surface area contributed by atoms with E-state index in [0.29, 0.717) is 0 Å². The van der Waals surface area contributed by atoms with Crippen molar-refractivity contribution >= 4 is 0 Å². The molecule has 0 aliphatic heterocycles. The van der Waals surface area contributed by atoms with Crippen LogP contribution in [0.2, 0.25) is 0 Å². The van der Waals surface area contributed by atoms with Gasteiger partial charge in [0, 0.05) is 0 Å². The molecule has 7 heteroatoms. The fourth-order valence-corrected chi connectivity index (χ4v) is 1.31. The Bertz CT molecular complexity index is 437. The number of hydrogen-bond acceptors (Lipinski definition) is 3. The van der Waals surface area contributed by atoms with Gasteiger partial charge in [0.05, 0.1) is 5.56 Å². The number of aromatic nitrogens is 2. The van der Waals surface area contributed by atoms with Crippen LogP contribution in [0.3, 0.4) is 0 Å². The summed E-state index contributed by atoms with van der Waals surface area (Å²) in [5.74, 6) is -1.53. The van der Waals surface area contributed by atoms with E-state index in [4.69, 9.17) is 0 Å². The molecule has 1 rings (SSSR count). The topological polar surface area (TPSA) is 66.0 Å². The number of rotatable bonds is 2. The Morgan fingerprint density at radius 3 is 2.38 bits per heavy atom. The van der Waals surface area contributed by atoms with Gasteiger partial charge in [0.15, 0.2) is 0 Å². The molecule has 0 amide bonds. The summed E-state index contributed by atoms with van der Waals surface area (Å²) < 4.78 is 36.1. The van der Waals surface area contributed by atoms with Crippen molar-refractivity contribution in [2.45, 2.75) is 32.4 Å². The van der Waals surface area contributed by atoms with E-state index in [2.05, 4.69) is 4.98 Å². The maximum absolute atomic E-state index is 12.0. The lowest BCUT2D eigenvalue weighted by Crippen LogP contribution is -2.22. The minimum atomic E-state index is -4.47. The fraction of sp³-hybridized carbons (Fsp3) is 0.556. The number of nitrogens with zero attached hydrogens (tertiary/aromatic N) is 1. The zero-order chi connectivity index (χ0) is 12.5. The van der Waals surface area contributed by atoms with E-state index in [0.717, 1.165) is 0 Å². The minimum Gasteiger partial charge on any atom is -0.493 e. The molecule has 0 spiro atoms. The van der Waals surface area contributed by atoms with E-state index in [1.54, 1.807) is 13.8 Å². The van der Waals surface area contributed by atoms with Crippen LogP contribution in [0, 0.1) is 0 Å². The zero-order valence-corrected chi connectivity index (χ0v) is 8.72. The SMILES string of the molecule is CC(C)c1c(O)nc(CC(F)(F)F)[nH]c1=O. The predicted molar refractivity (Wildman–Crippen MR) is 50.4 cm³/mol. The summed E-state index contributed by atoms with van der Waals surface area (Å²) in [6, 6.07) is 0. The molecule has 0 aliphatic carbocycles. The van der Waals surface area contributed by atoms with Crippen molar-refractivity contribution in [1.29, 1.82) is 0 Å². The van der Waals surface area contributed by atoms with Crippen LogP contribution in [0.15, 0.2) is 4.79 Å². The van der Waals surface area contributed by atoms with Crippen molar-refractivity contribution in [2.24, 2.45) is 0 Å². The number of nitrogens with one attached hydrogen (secondary N) is 1. The highest BCUT2D eigenvalue weighted by Gasteiger charge is 2.30. The molecular formula is C9H11F3N2O2. The summed E-state index contributed by atoms with van der Waals surface area (Å²) in [5, 5.41) is 9.34. The number of aromatic amines is 1. The number of aromatic hydroxyl groups is 1. The predicted octanol–water partition coefficient (Wildman–Crippen LogP) is 1.70. The lowest BCUT2D eigenvalue weighted by Gasteiger charge is -2.09. The van der Waals surface area contributed by atoms with Gasteiger partial charge in [-0.1, -0.05) is 13.8 Å². The first kappa shape index (κ1) is 12.5. The van der Waals surface area contributed by atoms with Crippen molar-refractivity contribution in [3.8, 4) is 5.88 Å². The Morgan fingerprint density at radius 1 is 1.44 bits per heavy atom. The van der Waals surface area contributed by atoms with Crippen molar-refractivity contribution in [1.82, 2.24) is 9.97 Å². The Kier molecular flexibility index (Phi) is 3.25.